The first-order valence-electron chi connectivity index (χ1n) is 15.0. The second-order valence-electron chi connectivity index (χ2n) is 10.5. The molecule has 0 heterocycles. The van der Waals surface area contributed by atoms with Crippen molar-refractivity contribution in [3.63, 3.8) is 0 Å². The Kier molecular flexibility index (Phi) is 12.5. The molecule has 1 atom stereocenters. The maximum absolute atomic E-state index is 14.5. The number of sulfonamides is 1. The van der Waals surface area contributed by atoms with Crippen molar-refractivity contribution in [2.75, 3.05) is 24.0 Å². The SMILES string of the molecule is CCCNC(=O)C(Cc1ccccc1)N(Cc1ccc(Cl)c(Cl)c1)C(=O)CN(c1ccccc1)S(=O)(=O)c1ccc(OCC)cc1. The molecule has 0 aliphatic carbocycles. The first-order valence-corrected chi connectivity index (χ1v) is 17.2. The fourth-order valence-corrected chi connectivity index (χ4v) is 6.61. The van der Waals surface area contributed by atoms with Crippen molar-refractivity contribution in [1.29, 1.82) is 0 Å². The van der Waals surface area contributed by atoms with Crippen LogP contribution < -0.4 is 14.4 Å². The fraction of sp³-hybridized carbons (Fsp3) is 0.257. The zero-order valence-electron chi connectivity index (χ0n) is 25.7. The maximum Gasteiger partial charge on any atom is 0.264 e. The normalized spacial score (nSPS) is 11.8. The van der Waals surface area contributed by atoms with Crippen molar-refractivity contribution >= 4 is 50.7 Å². The van der Waals surface area contributed by atoms with Crippen LogP contribution >= 0.6 is 23.2 Å². The molecular weight excluding hydrogens is 645 g/mol. The molecule has 0 fully saturated rings. The lowest BCUT2D eigenvalue weighted by molar-refractivity contribution is -0.140. The van der Waals surface area contributed by atoms with Gasteiger partial charge in [-0.05, 0) is 73.0 Å². The molecule has 1 unspecified atom stereocenters. The molecule has 11 heteroatoms. The number of amides is 2. The molecule has 2 amide bonds. The number of carbonyl (C=O) groups is 2. The van der Waals surface area contributed by atoms with Gasteiger partial charge in [-0.25, -0.2) is 8.42 Å². The molecule has 0 saturated carbocycles. The van der Waals surface area contributed by atoms with Crippen molar-refractivity contribution in [2.45, 2.75) is 44.2 Å². The molecule has 0 saturated heterocycles. The molecule has 4 aromatic rings. The van der Waals surface area contributed by atoms with Gasteiger partial charge in [0.15, 0.2) is 0 Å². The van der Waals surface area contributed by atoms with E-state index in [4.69, 9.17) is 27.9 Å². The van der Waals surface area contributed by atoms with Gasteiger partial charge in [0, 0.05) is 19.5 Å². The minimum Gasteiger partial charge on any atom is -0.494 e. The van der Waals surface area contributed by atoms with Crippen LogP contribution in [0.5, 0.6) is 5.75 Å². The number of nitrogens with one attached hydrogen (secondary N) is 1. The minimum atomic E-state index is -4.23. The van der Waals surface area contributed by atoms with Gasteiger partial charge in [0.1, 0.15) is 18.3 Å². The highest BCUT2D eigenvalue weighted by atomic mass is 35.5. The Morgan fingerprint density at radius 2 is 1.48 bits per heavy atom. The Labute approximate surface area is 280 Å². The van der Waals surface area contributed by atoms with Gasteiger partial charge < -0.3 is 15.0 Å². The summed E-state index contributed by atoms with van der Waals surface area (Å²) >= 11 is 12.5. The molecule has 0 aliphatic rings. The zero-order chi connectivity index (χ0) is 33.1. The Morgan fingerprint density at radius 3 is 2.09 bits per heavy atom. The Hall–Kier alpha value is -4.05. The van der Waals surface area contributed by atoms with Gasteiger partial charge in [0.2, 0.25) is 11.8 Å². The minimum absolute atomic E-state index is 0.00911. The molecular formula is C35H37Cl2N3O5S. The smallest absolute Gasteiger partial charge is 0.264 e. The number of benzene rings is 4. The van der Waals surface area contributed by atoms with Gasteiger partial charge in [0.05, 0.1) is 27.2 Å². The van der Waals surface area contributed by atoms with Gasteiger partial charge >= 0.3 is 0 Å². The highest BCUT2D eigenvalue weighted by molar-refractivity contribution is 7.92. The topological polar surface area (TPSA) is 96.0 Å². The predicted molar refractivity (Wildman–Crippen MR) is 183 cm³/mol. The Balaban J connectivity index is 1.78. The van der Waals surface area contributed by atoms with E-state index < -0.39 is 28.5 Å². The first-order chi connectivity index (χ1) is 22.1. The fourth-order valence-electron chi connectivity index (χ4n) is 4.88. The van der Waals surface area contributed by atoms with E-state index >= 15 is 0 Å². The third kappa shape index (κ3) is 9.02. The van der Waals surface area contributed by atoms with Crippen LogP contribution in [0.25, 0.3) is 0 Å². The summed E-state index contributed by atoms with van der Waals surface area (Å²) in [6.45, 7) is 4.05. The monoisotopic (exact) mass is 681 g/mol. The lowest BCUT2D eigenvalue weighted by Gasteiger charge is -2.34. The van der Waals surface area contributed by atoms with Gasteiger partial charge in [0.25, 0.3) is 10.0 Å². The number of halogens is 2. The van der Waals surface area contributed by atoms with Gasteiger partial charge in [-0.3, -0.25) is 13.9 Å². The van der Waals surface area contributed by atoms with Gasteiger partial charge in [-0.2, -0.15) is 0 Å². The van der Waals surface area contributed by atoms with Gasteiger partial charge in [-0.15, -0.1) is 0 Å². The molecule has 46 heavy (non-hydrogen) atoms. The van der Waals surface area contributed by atoms with Crippen LogP contribution in [0.3, 0.4) is 0 Å². The summed E-state index contributed by atoms with van der Waals surface area (Å²) in [5, 5.41) is 3.57. The number of hydrogen-bond donors (Lipinski definition) is 1. The first kappa shape index (κ1) is 34.8. The standard InChI is InChI=1S/C35H37Cl2N3O5S/c1-3-21-38-35(42)33(23-26-11-7-5-8-12-26)39(24-27-15-20-31(36)32(37)22-27)34(41)25-40(28-13-9-6-10-14-28)46(43,44)30-18-16-29(17-19-30)45-4-2/h5-20,22,33H,3-4,21,23-25H2,1-2H3,(H,38,42). The molecule has 4 aromatic carbocycles. The molecule has 4 rings (SSSR count). The van der Waals surface area contributed by atoms with Crippen molar-refractivity contribution in [3.05, 3.63) is 124 Å². The highest BCUT2D eigenvalue weighted by Crippen LogP contribution is 2.27. The summed E-state index contributed by atoms with van der Waals surface area (Å²) < 4.78 is 34.8. The van der Waals surface area contributed by atoms with Crippen LogP contribution in [0.1, 0.15) is 31.4 Å². The highest BCUT2D eigenvalue weighted by Gasteiger charge is 2.34. The van der Waals surface area contributed by atoms with E-state index in [1.54, 1.807) is 60.7 Å². The van der Waals surface area contributed by atoms with Crippen molar-refractivity contribution in [1.82, 2.24) is 10.2 Å². The number of ether oxygens (including phenoxy) is 1. The maximum atomic E-state index is 14.5. The number of rotatable bonds is 15. The predicted octanol–water partition coefficient (Wildman–Crippen LogP) is 6.75. The zero-order valence-corrected chi connectivity index (χ0v) is 28.1. The van der Waals surface area contributed by atoms with E-state index in [-0.39, 0.29) is 23.8 Å². The van der Waals surface area contributed by atoms with Gasteiger partial charge in [-0.1, -0.05) is 84.7 Å². The van der Waals surface area contributed by atoms with E-state index in [1.165, 1.54) is 17.0 Å². The van der Waals surface area contributed by atoms with Crippen LogP contribution in [-0.2, 0) is 32.6 Å². The molecule has 8 nitrogen and oxygen atoms in total. The third-order valence-electron chi connectivity index (χ3n) is 7.20. The van der Waals surface area contributed by atoms with E-state index in [9.17, 15) is 18.0 Å². The average Bonchev–Trinajstić information content (AvgIpc) is 3.06. The Morgan fingerprint density at radius 1 is 0.826 bits per heavy atom. The largest absolute Gasteiger partial charge is 0.494 e. The second-order valence-corrected chi connectivity index (χ2v) is 13.2. The summed E-state index contributed by atoms with van der Waals surface area (Å²) in [7, 11) is -4.23. The molecule has 0 spiro atoms. The van der Waals surface area contributed by atoms with Crippen molar-refractivity contribution < 1.29 is 22.7 Å². The van der Waals surface area contributed by atoms with E-state index in [0.717, 1.165) is 9.87 Å². The average molecular weight is 683 g/mol. The summed E-state index contributed by atoms with van der Waals surface area (Å²) in [5.74, 6) is -0.393. The number of para-hydroxylation sites is 1. The van der Waals surface area contributed by atoms with Crippen LogP contribution in [0.4, 0.5) is 5.69 Å². The van der Waals surface area contributed by atoms with Crippen molar-refractivity contribution in [3.8, 4) is 5.75 Å². The van der Waals surface area contributed by atoms with E-state index in [0.29, 0.717) is 46.6 Å². The quantitative estimate of drug-likeness (QED) is 0.150. The molecule has 0 aromatic heterocycles. The van der Waals surface area contributed by atoms with Crippen LogP contribution in [0.2, 0.25) is 10.0 Å². The number of anilines is 1. The van der Waals surface area contributed by atoms with E-state index in [1.807, 2.05) is 44.2 Å². The molecule has 0 bridgehead atoms. The van der Waals surface area contributed by atoms with Crippen LogP contribution in [0, 0.1) is 0 Å². The summed E-state index contributed by atoms with van der Waals surface area (Å²) in [5.41, 5.74) is 1.77. The molecule has 0 aliphatic heterocycles. The summed E-state index contributed by atoms with van der Waals surface area (Å²) in [4.78, 5) is 29.6. The lowest BCUT2D eigenvalue weighted by Crippen LogP contribution is -2.53. The molecule has 1 N–H and O–H groups in total. The van der Waals surface area contributed by atoms with Crippen LogP contribution in [0.15, 0.2) is 108 Å². The Bertz CT molecular complexity index is 1710. The number of nitrogens with zero attached hydrogens (tertiary/aromatic N) is 2. The summed E-state index contributed by atoms with van der Waals surface area (Å²) in [6, 6.07) is 27.9. The third-order valence-corrected chi connectivity index (χ3v) is 9.73. The lowest BCUT2D eigenvalue weighted by atomic mass is 10.0. The van der Waals surface area contributed by atoms with Crippen molar-refractivity contribution in [2.24, 2.45) is 0 Å². The molecule has 0 radical (unpaired) electrons. The molecule has 242 valence electrons. The van der Waals surface area contributed by atoms with Crippen LogP contribution in [-0.4, -0.2) is 50.9 Å². The number of hydrogen-bond acceptors (Lipinski definition) is 5. The summed E-state index contributed by atoms with van der Waals surface area (Å²) in [6.07, 6.45) is 0.910. The second kappa shape index (κ2) is 16.5. The number of carbonyl (C=O) groups excluding carboxylic acids is 2. The van der Waals surface area contributed by atoms with E-state index in [2.05, 4.69) is 5.32 Å².